The molecular weight excluding hydrogens is 158 g/mol. The van der Waals surface area contributed by atoms with Gasteiger partial charge in [0.1, 0.15) is 0 Å². The molecule has 0 aromatic rings. The molecule has 0 aliphatic heterocycles. The Balaban J connectivity index is 3.50. The van der Waals surface area contributed by atoms with Crippen molar-refractivity contribution in [2.45, 2.75) is 13.3 Å². The molecule has 3 N–H and O–H groups in total. The van der Waals surface area contributed by atoms with E-state index >= 15 is 0 Å². The molecule has 5 heteroatoms. The monoisotopic (exact) mass is 173 g/mol. The van der Waals surface area contributed by atoms with E-state index in [2.05, 4.69) is 5.32 Å². The van der Waals surface area contributed by atoms with Crippen molar-refractivity contribution in [1.29, 1.82) is 0 Å². The van der Waals surface area contributed by atoms with Crippen molar-refractivity contribution in [2.75, 3.05) is 20.1 Å². The predicted molar refractivity (Wildman–Crippen MR) is 45.5 cm³/mol. The molecule has 0 aliphatic rings. The summed E-state index contributed by atoms with van der Waals surface area (Å²) < 4.78 is 0. The van der Waals surface area contributed by atoms with Crippen LogP contribution in [0.4, 0.5) is 4.79 Å². The van der Waals surface area contributed by atoms with Crippen LogP contribution in [-0.2, 0) is 4.79 Å². The summed E-state index contributed by atoms with van der Waals surface area (Å²) in [6, 6.07) is -0.182. The fraction of sp³-hybridized carbons (Fsp3) is 0.714. The van der Waals surface area contributed by atoms with Crippen molar-refractivity contribution in [3.8, 4) is 0 Å². The predicted octanol–water partition coefficient (Wildman–Crippen LogP) is -0.477. The minimum atomic E-state index is -0.408. The van der Waals surface area contributed by atoms with Crippen LogP contribution in [0.15, 0.2) is 0 Å². The van der Waals surface area contributed by atoms with Crippen LogP contribution < -0.4 is 11.1 Å². The van der Waals surface area contributed by atoms with Crippen molar-refractivity contribution in [2.24, 2.45) is 5.73 Å². The molecule has 0 rings (SSSR count). The Kier molecular flexibility index (Phi) is 4.83. The van der Waals surface area contributed by atoms with Gasteiger partial charge in [0, 0.05) is 26.6 Å². The van der Waals surface area contributed by atoms with Gasteiger partial charge in [0.15, 0.2) is 0 Å². The molecule has 0 aromatic heterocycles. The Hall–Kier alpha value is -1.26. The summed E-state index contributed by atoms with van der Waals surface area (Å²) in [6.07, 6.45) is 0.184. The number of rotatable bonds is 4. The van der Waals surface area contributed by atoms with E-state index in [4.69, 9.17) is 5.73 Å². The van der Waals surface area contributed by atoms with Gasteiger partial charge in [-0.3, -0.25) is 4.79 Å². The number of primary amides is 1. The van der Waals surface area contributed by atoms with Gasteiger partial charge < -0.3 is 16.0 Å². The van der Waals surface area contributed by atoms with E-state index in [1.165, 1.54) is 4.90 Å². The molecule has 0 radical (unpaired) electrons. The molecular formula is C7H15N3O2. The van der Waals surface area contributed by atoms with Gasteiger partial charge >= 0.3 is 6.03 Å². The summed E-state index contributed by atoms with van der Waals surface area (Å²) in [5, 5.41) is 2.55. The van der Waals surface area contributed by atoms with Gasteiger partial charge in [0.25, 0.3) is 0 Å². The van der Waals surface area contributed by atoms with Gasteiger partial charge in [0.05, 0.1) is 0 Å². The van der Waals surface area contributed by atoms with Crippen molar-refractivity contribution < 1.29 is 9.59 Å². The third-order valence-corrected chi connectivity index (χ3v) is 1.47. The molecule has 0 atom stereocenters. The number of carbonyl (C=O) groups is 2. The molecule has 3 amide bonds. The second-order valence-corrected chi connectivity index (χ2v) is 2.46. The molecule has 0 bridgehead atoms. The molecule has 70 valence electrons. The summed E-state index contributed by atoms with van der Waals surface area (Å²) in [7, 11) is 1.68. The van der Waals surface area contributed by atoms with E-state index in [1.807, 2.05) is 6.92 Å². The molecule has 0 aromatic carbocycles. The summed E-state index contributed by atoms with van der Waals surface area (Å²) in [4.78, 5) is 22.8. The molecule has 0 saturated carbocycles. The number of nitrogens with two attached hydrogens (primary N) is 1. The third-order valence-electron chi connectivity index (χ3n) is 1.47. The molecule has 0 heterocycles. The lowest BCUT2D eigenvalue weighted by Gasteiger charge is -2.14. The largest absolute Gasteiger partial charge is 0.370 e. The summed E-state index contributed by atoms with van der Waals surface area (Å²) in [5.74, 6) is -0.408. The van der Waals surface area contributed by atoms with E-state index in [1.54, 1.807) is 7.05 Å². The first-order valence-corrected chi connectivity index (χ1v) is 3.85. The normalized spacial score (nSPS) is 9.17. The second-order valence-electron chi connectivity index (χ2n) is 2.46. The first kappa shape index (κ1) is 10.7. The number of hydrogen-bond donors (Lipinski definition) is 2. The van der Waals surface area contributed by atoms with Crippen LogP contribution in [0.25, 0.3) is 0 Å². The van der Waals surface area contributed by atoms with E-state index < -0.39 is 5.91 Å². The van der Waals surface area contributed by atoms with E-state index in [9.17, 15) is 9.59 Å². The molecule has 0 unspecified atom stereocenters. The summed E-state index contributed by atoms with van der Waals surface area (Å²) in [5.41, 5.74) is 4.88. The van der Waals surface area contributed by atoms with Gasteiger partial charge in [-0.25, -0.2) is 4.79 Å². The van der Waals surface area contributed by atoms with E-state index in [-0.39, 0.29) is 12.5 Å². The minimum absolute atomic E-state index is 0.182. The zero-order chi connectivity index (χ0) is 9.56. The van der Waals surface area contributed by atoms with Gasteiger partial charge in [-0.05, 0) is 6.92 Å². The van der Waals surface area contributed by atoms with Crippen molar-refractivity contribution >= 4 is 11.9 Å². The highest BCUT2D eigenvalue weighted by Gasteiger charge is 2.04. The Bertz CT molecular complexity index is 170. The Morgan fingerprint density at radius 2 is 2.08 bits per heavy atom. The number of carbonyl (C=O) groups excluding carboxylic acids is 2. The Morgan fingerprint density at radius 3 is 2.50 bits per heavy atom. The fourth-order valence-corrected chi connectivity index (χ4v) is 0.571. The fourth-order valence-electron chi connectivity index (χ4n) is 0.571. The average Bonchev–Trinajstić information content (AvgIpc) is 2.02. The quantitative estimate of drug-likeness (QED) is 0.602. The summed E-state index contributed by atoms with van der Waals surface area (Å²) in [6.45, 7) is 2.81. The van der Waals surface area contributed by atoms with Gasteiger partial charge in [-0.1, -0.05) is 0 Å². The Morgan fingerprint density at radius 1 is 1.50 bits per heavy atom. The second kappa shape index (κ2) is 5.40. The zero-order valence-electron chi connectivity index (χ0n) is 7.46. The Labute approximate surface area is 71.9 Å². The van der Waals surface area contributed by atoms with Gasteiger partial charge in [0.2, 0.25) is 5.91 Å². The molecule has 0 aliphatic carbocycles. The summed E-state index contributed by atoms with van der Waals surface area (Å²) >= 11 is 0. The van der Waals surface area contributed by atoms with Crippen LogP contribution in [0, 0.1) is 0 Å². The van der Waals surface area contributed by atoms with Crippen molar-refractivity contribution in [1.82, 2.24) is 10.2 Å². The number of amides is 3. The number of hydrogen-bond acceptors (Lipinski definition) is 2. The SMILES string of the molecule is CCN(C)C(=O)NCCC(N)=O. The molecule has 0 spiro atoms. The maximum absolute atomic E-state index is 11.0. The third kappa shape index (κ3) is 4.54. The minimum Gasteiger partial charge on any atom is -0.370 e. The molecule has 5 nitrogen and oxygen atoms in total. The van der Waals surface area contributed by atoms with Crippen molar-refractivity contribution in [3.63, 3.8) is 0 Å². The number of urea groups is 1. The zero-order valence-corrected chi connectivity index (χ0v) is 7.46. The molecule has 0 saturated heterocycles. The van der Waals surface area contributed by atoms with Crippen LogP contribution in [0.1, 0.15) is 13.3 Å². The number of nitrogens with one attached hydrogen (secondary N) is 1. The maximum Gasteiger partial charge on any atom is 0.317 e. The van der Waals surface area contributed by atoms with Crippen LogP contribution in [0.5, 0.6) is 0 Å². The lowest BCUT2D eigenvalue weighted by atomic mass is 10.4. The van der Waals surface area contributed by atoms with Gasteiger partial charge in [-0.2, -0.15) is 0 Å². The average molecular weight is 173 g/mol. The highest BCUT2D eigenvalue weighted by molar-refractivity contribution is 5.76. The van der Waals surface area contributed by atoms with E-state index in [0.29, 0.717) is 13.1 Å². The highest BCUT2D eigenvalue weighted by atomic mass is 16.2. The highest BCUT2D eigenvalue weighted by Crippen LogP contribution is 1.82. The van der Waals surface area contributed by atoms with Crippen LogP contribution in [-0.4, -0.2) is 37.0 Å². The first-order chi connectivity index (χ1) is 5.57. The van der Waals surface area contributed by atoms with E-state index in [0.717, 1.165) is 0 Å². The number of nitrogens with zero attached hydrogens (tertiary/aromatic N) is 1. The molecule has 0 fully saturated rings. The standard InChI is InChI=1S/C7H15N3O2/c1-3-10(2)7(12)9-5-4-6(8)11/h3-5H2,1-2H3,(H2,8,11)(H,9,12). The van der Waals surface area contributed by atoms with Crippen molar-refractivity contribution in [3.05, 3.63) is 0 Å². The van der Waals surface area contributed by atoms with Crippen LogP contribution in [0.2, 0.25) is 0 Å². The lowest BCUT2D eigenvalue weighted by molar-refractivity contribution is -0.117. The maximum atomic E-state index is 11.0. The topological polar surface area (TPSA) is 75.4 Å². The molecule has 12 heavy (non-hydrogen) atoms. The van der Waals surface area contributed by atoms with Crippen LogP contribution in [0.3, 0.4) is 0 Å². The first-order valence-electron chi connectivity index (χ1n) is 3.85. The van der Waals surface area contributed by atoms with Crippen LogP contribution >= 0.6 is 0 Å². The lowest BCUT2D eigenvalue weighted by Crippen LogP contribution is -2.38. The smallest absolute Gasteiger partial charge is 0.317 e. The van der Waals surface area contributed by atoms with Gasteiger partial charge in [-0.15, -0.1) is 0 Å².